The van der Waals surface area contributed by atoms with Gasteiger partial charge in [-0.05, 0) is 84.9 Å². The number of amides is 5. The van der Waals surface area contributed by atoms with E-state index < -0.39 is 110 Å². The quantitative estimate of drug-likeness (QED) is 0.103. The summed E-state index contributed by atoms with van der Waals surface area (Å²) >= 11 is 12.5. The second kappa shape index (κ2) is 17.9. The van der Waals surface area contributed by atoms with Gasteiger partial charge in [-0.3, -0.25) is 24.0 Å². The zero-order valence-corrected chi connectivity index (χ0v) is 38.5. The second-order valence-corrected chi connectivity index (χ2v) is 19.0. The number of benzene rings is 6. The molecule has 0 bridgehead atoms. The minimum atomic E-state index is -4.94. The molecule has 0 saturated carbocycles. The van der Waals surface area contributed by atoms with Crippen LogP contribution < -0.4 is 30.9 Å². The Morgan fingerprint density at radius 3 is 1.56 bits per heavy atom. The van der Waals surface area contributed by atoms with E-state index in [1.54, 1.807) is 0 Å². The molecule has 2 unspecified atom stereocenters. The summed E-state index contributed by atoms with van der Waals surface area (Å²) < 4.78 is 162. The lowest BCUT2D eigenvalue weighted by atomic mass is 9.89. The highest BCUT2D eigenvalue weighted by Gasteiger charge is 2.45. The lowest BCUT2D eigenvalue weighted by Crippen LogP contribution is -2.39. The molecule has 0 radical (unpaired) electrons. The van der Waals surface area contributed by atoms with E-state index in [9.17, 15) is 76.3 Å². The fourth-order valence-corrected chi connectivity index (χ4v) is 10.5. The molecule has 4 aliphatic rings. The lowest BCUT2D eigenvalue weighted by Gasteiger charge is -2.33. The molecule has 5 amide bonds. The Labute approximate surface area is 413 Å². The maximum Gasteiger partial charge on any atom is 0.416 e. The molecule has 4 aliphatic heterocycles. The third kappa shape index (κ3) is 9.08. The molecular weight excluding hydrogens is 1050 g/mol. The van der Waals surface area contributed by atoms with Gasteiger partial charge in [0.25, 0.3) is 29.5 Å². The zero-order chi connectivity index (χ0) is 53.0. The van der Waals surface area contributed by atoms with Gasteiger partial charge >= 0.3 is 12.4 Å². The van der Waals surface area contributed by atoms with E-state index in [0.717, 1.165) is 30.3 Å². The van der Waals surface area contributed by atoms with E-state index in [0.29, 0.717) is 24.3 Å². The lowest BCUT2D eigenvalue weighted by molar-refractivity contribution is -0.138. The number of fused-ring (bicyclic) bond motifs is 6. The van der Waals surface area contributed by atoms with E-state index >= 15 is 0 Å². The summed E-state index contributed by atoms with van der Waals surface area (Å²) in [5, 5.41) is 10.0. The summed E-state index contributed by atoms with van der Waals surface area (Å²) in [7, 11) is -2.64. The van der Waals surface area contributed by atoms with Crippen molar-refractivity contribution in [1.82, 2.24) is 15.4 Å². The van der Waals surface area contributed by atoms with E-state index in [1.165, 1.54) is 30.1 Å². The van der Waals surface area contributed by atoms with E-state index in [1.807, 2.05) is 0 Å². The highest BCUT2D eigenvalue weighted by atomic mass is 35.5. The fourth-order valence-electron chi connectivity index (χ4n) is 8.75. The molecule has 5 N–H and O–H groups in total. The minimum absolute atomic E-state index is 0.0189. The Kier molecular flexibility index (Phi) is 12.4. The number of carbonyl (C=O) groups is 5. The van der Waals surface area contributed by atoms with Gasteiger partial charge in [-0.25, -0.2) is 30.7 Å². The molecule has 4 heterocycles. The van der Waals surface area contributed by atoms with Crippen molar-refractivity contribution >= 4 is 79.8 Å². The van der Waals surface area contributed by atoms with Gasteiger partial charge in [-0.1, -0.05) is 23.2 Å². The smallest absolute Gasteiger partial charge is 0.341 e. The van der Waals surface area contributed by atoms with Crippen LogP contribution in [0.15, 0.2) is 89.8 Å². The van der Waals surface area contributed by atoms with Gasteiger partial charge in [0.05, 0.1) is 50.5 Å². The number of rotatable bonds is 6. The minimum Gasteiger partial charge on any atom is -0.341 e. The molecule has 0 aliphatic carbocycles. The monoisotopic (exact) mass is 1080 g/mol. The van der Waals surface area contributed by atoms with Crippen molar-refractivity contribution in [3.8, 4) is 0 Å². The molecule has 13 nitrogen and oxygen atoms in total. The number of sulfonamides is 1. The first-order valence-corrected chi connectivity index (χ1v) is 22.9. The van der Waals surface area contributed by atoms with Crippen LogP contribution in [0.25, 0.3) is 0 Å². The van der Waals surface area contributed by atoms with Crippen molar-refractivity contribution in [2.75, 3.05) is 22.6 Å². The van der Waals surface area contributed by atoms with Crippen molar-refractivity contribution in [3.63, 3.8) is 0 Å². The molecule has 6 aromatic rings. The maximum absolute atomic E-state index is 14.0. The van der Waals surface area contributed by atoms with E-state index in [2.05, 4.69) is 26.0 Å². The molecule has 10 rings (SSSR count). The van der Waals surface area contributed by atoms with Gasteiger partial charge in [-0.2, -0.15) is 26.3 Å². The fraction of sp³-hybridized carbons (Fsp3) is 0.128. The normalized spacial score (nSPS) is 17.1. The summed E-state index contributed by atoms with van der Waals surface area (Å²) in [6.07, 6.45) is -9.85. The van der Waals surface area contributed by atoms with Crippen LogP contribution in [0.2, 0.25) is 10.0 Å². The van der Waals surface area contributed by atoms with Crippen molar-refractivity contribution in [2.24, 2.45) is 0 Å². The van der Waals surface area contributed by atoms with Crippen LogP contribution >= 0.6 is 23.2 Å². The molecule has 73 heavy (non-hydrogen) atoms. The number of carbonyl (C=O) groups excluding carboxylic acids is 5. The molecule has 26 heteroatoms. The molecule has 0 aromatic heterocycles. The number of anilines is 3. The van der Waals surface area contributed by atoms with Crippen LogP contribution in [-0.4, -0.2) is 45.0 Å². The number of hydrogen-bond donors (Lipinski definition) is 5. The summed E-state index contributed by atoms with van der Waals surface area (Å²) in [4.78, 5) is 65.0. The molecule has 2 atom stereocenters. The molecular formula is C47H26Cl2F10N6O7S. The first kappa shape index (κ1) is 50.4. The number of hydrogen-bond acceptors (Lipinski definition) is 7. The van der Waals surface area contributed by atoms with Crippen LogP contribution in [0.5, 0.6) is 0 Å². The van der Waals surface area contributed by atoms with Crippen molar-refractivity contribution in [2.45, 2.75) is 35.9 Å². The second-order valence-electron chi connectivity index (χ2n) is 16.5. The Bertz CT molecular complexity index is 3600. The summed E-state index contributed by atoms with van der Waals surface area (Å²) in [5.41, 5.74) is -3.77. The standard InChI is InChI=1S/C24H13ClF5N3O3.C23H13ClF5N3O4S/c1-33-20-14(23(33)36)8-16(31-21(34)9-4-10(24(28,29)30)6-12(27)5-9)17-18(20)22(35)32-19(17)13-7-11(26)2-3-15(13)25;24-15-2-1-11(25)6-13(15)20-19-16(7-17-14(8-30-37(17,35)36)18(19)22(34)32-20)31-21(33)9-3-10(23(27,28)29)5-12(26)4-9/h2-8,19H,1H3,(H,31,34)(H,32,35);1-7,20,30H,8H2,(H,31,33)(H,32,34). The van der Waals surface area contributed by atoms with Crippen molar-refractivity contribution < 1.29 is 76.3 Å². The molecule has 376 valence electrons. The highest BCUT2D eigenvalue weighted by molar-refractivity contribution is 7.89. The number of halogens is 12. The van der Waals surface area contributed by atoms with E-state index in [-0.39, 0.29) is 95.2 Å². The number of alkyl halides is 6. The predicted molar refractivity (Wildman–Crippen MR) is 240 cm³/mol. The predicted octanol–water partition coefficient (Wildman–Crippen LogP) is 9.83. The van der Waals surface area contributed by atoms with Gasteiger partial charge in [0.15, 0.2) is 0 Å². The average molecular weight is 1080 g/mol. The summed E-state index contributed by atoms with van der Waals surface area (Å²) in [6, 6.07) is 9.47. The molecule has 0 saturated heterocycles. The average Bonchev–Trinajstić information content (AvgIpc) is 3.95. The Hall–Kier alpha value is -7.54. The van der Waals surface area contributed by atoms with Crippen LogP contribution in [0.1, 0.15) is 103 Å². The third-order valence-electron chi connectivity index (χ3n) is 12.0. The zero-order valence-electron chi connectivity index (χ0n) is 36.2. The van der Waals surface area contributed by atoms with Crippen LogP contribution in [0.4, 0.5) is 61.0 Å². The highest BCUT2D eigenvalue weighted by Crippen LogP contribution is 2.49. The van der Waals surface area contributed by atoms with Crippen LogP contribution in [-0.2, 0) is 28.9 Å². The SMILES string of the molecule is CN1C(=O)c2cc(NC(=O)c3cc(F)cc(C(F)(F)F)c3)c3c(c21)C(=O)NC3c1cc(F)ccc1Cl.O=C(Nc1cc2c(c3c1C(c1cc(F)ccc1Cl)NC3=O)CNS2(=O)=O)c1cc(F)cc(C(F)(F)F)c1. The van der Waals surface area contributed by atoms with Crippen LogP contribution in [0, 0.1) is 23.3 Å². The van der Waals surface area contributed by atoms with Gasteiger partial charge in [0.2, 0.25) is 10.0 Å². The third-order valence-corrected chi connectivity index (χ3v) is 14.1. The molecule has 0 spiro atoms. The van der Waals surface area contributed by atoms with Gasteiger partial charge in [0, 0.05) is 74.0 Å². The van der Waals surface area contributed by atoms with Gasteiger partial charge in [0.1, 0.15) is 23.3 Å². The van der Waals surface area contributed by atoms with Crippen molar-refractivity contribution in [1.29, 1.82) is 0 Å². The molecule has 6 aromatic carbocycles. The molecule has 0 fully saturated rings. The Morgan fingerprint density at radius 1 is 0.630 bits per heavy atom. The van der Waals surface area contributed by atoms with Gasteiger partial charge in [-0.15, -0.1) is 0 Å². The number of nitrogens with one attached hydrogen (secondary N) is 5. The largest absolute Gasteiger partial charge is 0.416 e. The topological polar surface area (TPSA) is 183 Å². The van der Waals surface area contributed by atoms with Gasteiger partial charge < -0.3 is 26.2 Å². The first-order valence-electron chi connectivity index (χ1n) is 20.7. The summed E-state index contributed by atoms with van der Waals surface area (Å²) in [5.74, 6) is -8.12. The number of nitrogens with zero attached hydrogens (tertiary/aromatic N) is 1. The first-order chi connectivity index (χ1) is 34.1. The van der Waals surface area contributed by atoms with Crippen LogP contribution in [0.3, 0.4) is 0 Å². The van der Waals surface area contributed by atoms with Crippen molar-refractivity contribution in [3.05, 3.63) is 185 Å². The Morgan fingerprint density at radius 2 is 1.08 bits per heavy atom. The summed E-state index contributed by atoms with van der Waals surface area (Å²) in [6.45, 7) is -0.246. The van der Waals surface area contributed by atoms with E-state index in [4.69, 9.17) is 23.2 Å². The Balaban J connectivity index is 0.000000180. The maximum atomic E-state index is 14.0.